The second-order valence-corrected chi connectivity index (χ2v) is 7.33. The Kier molecular flexibility index (Phi) is 4.42. The Labute approximate surface area is 134 Å². The van der Waals surface area contributed by atoms with Crippen molar-refractivity contribution in [3.8, 4) is 0 Å². The summed E-state index contributed by atoms with van der Waals surface area (Å²) in [6.45, 7) is 7.80. The second-order valence-electron chi connectivity index (χ2n) is 6.42. The van der Waals surface area contributed by atoms with Crippen LogP contribution in [-0.2, 0) is 9.59 Å². The molecule has 2 amide bonds. The summed E-state index contributed by atoms with van der Waals surface area (Å²) in [6.07, 6.45) is 0.588. The highest BCUT2D eigenvalue weighted by Gasteiger charge is 2.45. The normalized spacial score (nSPS) is 23.2. The number of nitrogens with zero attached hydrogens (tertiary/aromatic N) is 1. The van der Waals surface area contributed by atoms with Crippen LogP contribution in [0.1, 0.15) is 34.1 Å². The van der Waals surface area contributed by atoms with Crippen molar-refractivity contribution in [1.29, 1.82) is 0 Å². The fourth-order valence-electron chi connectivity index (χ4n) is 2.57. The Morgan fingerprint density at radius 1 is 1.19 bits per heavy atom. The first-order valence-corrected chi connectivity index (χ1v) is 7.94. The molecule has 1 saturated heterocycles. The Morgan fingerprint density at radius 2 is 1.76 bits per heavy atom. The van der Waals surface area contributed by atoms with E-state index in [1.54, 1.807) is 4.90 Å². The van der Waals surface area contributed by atoms with E-state index in [1.807, 2.05) is 52.0 Å². The minimum Gasteiger partial charge on any atom is -0.342 e. The number of halogens is 1. The number of piperazine rings is 1. The average molecular weight is 353 g/mol. The van der Waals surface area contributed by atoms with Gasteiger partial charge in [0.2, 0.25) is 5.91 Å². The molecule has 0 aromatic heterocycles. The first-order chi connectivity index (χ1) is 9.75. The highest BCUT2D eigenvalue weighted by atomic mass is 79.9. The average Bonchev–Trinajstić information content (AvgIpc) is 2.40. The van der Waals surface area contributed by atoms with Crippen LogP contribution in [0.3, 0.4) is 0 Å². The number of carbonyl (C=O) groups is 2. The molecular weight excluding hydrogens is 332 g/mol. The second kappa shape index (κ2) is 5.79. The lowest BCUT2D eigenvalue weighted by atomic mass is 9.83. The van der Waals surface area contributed by atoms with Crippen molar-refractivity contribution in [3.05, 3.63) is 28.7 Å². The first kappa shape index (κ1) is 16.0. The van der Waals surface area contributed by atoms with Gasteiger partial charge in [-0.25, -0.2) is 0 Å². The number of rotatable bonds is 2. The van der Waals surface area contributed by atoms with Gasteiger partial charge in [0.25, 0.3) is 5.91 Å². The van der Waals surface area contributed by atoms with Crippen LogP contribution in [0, 0.1) is 5.41 Å². The Hall–Kier alpha value is -1.36. The van der Waals surface area contributed by atoms with E-state index in [2.05, 4.69) is 21.2 Å². The van der Waals surface area contributed by atoms with Gasteiger partial charge in [-0.3, -0.25) is 14.5 Å². The van der Waals surface area contributed by atoms with Crippen molar-refractivity contribution in [1.82, 2.24) is 5.32 Å². The van der Waals surface area contributed by atoms with E-state index >= 15 is 0 Å². The van der Waals surface area contributed by atoms with Crippen molar-refractivity contribution >= 4 is 33.4 Å². The summed E-state index contributed by atoms with van der Waals surface area (Å²) in [7, 11) is 0. The van der Waals surface area contributed by atoms with Crippen molar-refractivity contribution in [2.24, 2.45) is 5.41 Å². The number of hydrogen-bond acceptors (Lipinski definition) is 2. The molecule has 0 aliphatic carbocycles. The summed E-state index contributed by atoms with van der Waals surface area (Å²) in [5.74, 6) is -0.129. The van der Waals surface area contributed by atoms with Crippen molar-refractivity contribution < 1.29 is 9.59 Å². The third-order valence-electron chi connectivity index (χ3n) is 3.74. The summed E-state index contributed by atoms with van der Waals surface area (Å²) < 4.78 is 0.945. The molecular formula is C16H21BrN2O2. The lowest BCUT2D eigenvalue weighted by Gasteiger charge is -2.43. The molecule has 1 N–H and O–H groups in total. The summed E-state index contributed by atoms with van der Waals surface area (Å²) >= 11 is 3.39. The molecule has 2 rings (SSSR count). The van der Waals surface area contributed by atoms with Gasteiger partial charge in [-0.15, -0.1) is 0 Å². The quantitative estimate of drug-likeness (QED) is 0.888. The molecule has 5 heteroatoms. The number of hydrogen-bond donors (Lipinski definition) is 1. The van der Waals surface area contributed by atoms with Crippen LogP contribution in [-0.4, -0.2) is 23.9 Å². The van der Waals surface area contributed by atoms with Gasteiger partial charge >= 0.3 is 0 Å². The molecule has 21 heavy (non-hydrogen) atoms. The number of nitrogens with one attached hydrogen (secondary N) is 1. The maximum Gasteiger partial charge on any atom is 0.250 e. The Bertz CT molecular complexity index is 548. The van der Waals surface area contributed by atoms with Crippen LogP contribution in [0.5, 0.6) is 0 Å². The summed E-state index contributed by atoms with van der Waals surface area (Å²) in [5, 5.41) is 2.88. The molecule has 2 atom stereocenters. The lowest BCUT2D eigenvalue weighted by Crippen LogP contribution is -2.66. The predicted molar refractivity (Wildman–Crippen MR) is 87.1 cm³/mol. The third-order valence-corrected chi connectivity index (χ3v) is 4.27. The molecule has 1 heterocycles. The fraction of sp³-hybridized carbons (Fsp3) is 0.500. The largest absolute Gasteiger partial charge is 0.342 e. The monoisotopic (exact) mass is 352 g/mol. The van der Waals surface area contributed by atoms with Gasteiger partial charge in [-0.2, -0.15) is 0 Å². The number of amides is 2. The molecule has 0 spiro atoms. The maximum atomic E-state index is 12.9. The molecule has 1 aromatic carbocycles. The van der Waals surface area contributed by atoms with E-state index in [0.29, 0.717) is 6.42 Å². The molecule has 0 radical (unpaired) electrons. The van der Waals surface area contributed by atoms with Crippen LogP contribution < -0.4 is 10.2 Å². The van der Waals surface area contributed by atoms with Gasteiger partial charge in [0.15, 0.2) is 0 Å². The van der Waals surface area contributed by atoms with Gasteiger partial charge in [0, 0.05) is 10.2 Å². The Morgan fingerprint density at radius 3 is 2.24 bits per heavy atom. The van der Waals surface area contributed by atoms with Gasteiger partial charge in [0.05, 0.1) is 0 Å². The molecule has 114 valence electrons. The zero-order chi connectivity index (χ0) is 15.8. The molecule has 0 bridgehead atoms. The van der Waals surface area contributed by atoms with E-state index in [0.717, 1.165) is 10.2 Å². The van der Waals surface area contributed by atoms with E-state index < -0.39 is 12.1 Å². The van der Waals surface area contributed by atoms with Crippen LogP contribution in [0.2, 0.25) is 0 Å². The highest BCUT2D eigenvalue weighted by molar-refractivity contribution is 9.10. The van der Waals surface area contributed by atoms with Crippen molar-refractivity contribution in [2.45, 2.75) is 46.2 Å². The van der Waals surface area contributed by atoms with E-state index in [1.165, 1.54) is 0 Å². The minimum atomic E-state index is -0.503. The summed E-state index contributed by atoms with van der Waals surface area (Å²) in [4.78, 5) is 26.9. The molecule has 1 aliphatic rings. The van der Waals surface area contributed by atoms with Crippen LogP contribution in [0.25, 0.3) is 0 Å². The van der Waals surface area contributed by atoms with Gasteiger partial charge in [-0.1, -0.05) is 43.6 Å². The van der Waals surface area contributed by atoms with Crippen molar-refractivity contribution in [2.75, 3.05) is 4.90 Å². The van der Waals surface area contributed by atoms with Gasteiger partial charge in [0.1, 0.15) is 12.1 Å². The molecule has 2 unspecified atom stereocenters. The highest BCUT2D eigenvalue weighted by Crippen LogP contribution is 2.30. The molecule has 1 fully saturated rings. The topological polar surface area (TPSA) is 49.4 Å². The number of benzene rings is 1. The predicted octanol–water partition coefficient (Wildman–Crippen LogP) is 3.11. The lowest BCUT2D eigenvalue weighted by molar-refractivity contribution is -0.136. The zero-order valence-corrected chi connectivity index (χ0v) is 14.4. The number of anilines is 1. The van der Waals surface area contributed by atoms with Crippen LogP contribution in [0.4, 0.5) is 5.69 Å². The van der Waals surface area contributed by atoms with Crippen molar-refractivity contribution in [3.63, 3.8) is 0 Å². The maximum absolute atomic E-state index is 12.9. The molecule has 4 nitrogen and oxygen atoms in total. The number of carbonyl (C=O) groups excluding carboxylic acids is 2. The van der Waals surface area contributed by atoms with Gasteiger partial charge < -0.3 is 5.32 Å². The molecule has 0 saturated carbocycles. The molecule has 1 aromatic rings. The van der Waals surface area contributed by atoms with E-state index in [9.17, 15) is 9.59 Å². The van der Waals surface area contributed by atoms with Crippen LogP contribution in [0.15, 0.2) is 28.7 Å². The summed E-state index contributed by atoms with van der Waals surface area (Å²) in [6, 6.07) is 6.54. The van der Waals surface area contributed by atoms with Crippen LogP contribution >= 0.6 is 15.9 Å². The zero-order valence-electron chi connectivity index (χ0n) is 12.8. The third kappa shape index (κ3) is 3.12. The molecule has 1 aliphatic heterocycles. The Balaban J connectivity index is 2.44. The smallest absolute Gasteiger partial charge is 0.250 e. The van der Waals surface area contributed by atoms with Gasteiger partial charge in [-0.05, 0) is 36.1 Å². The summed E-state index contributed by atoms with van der Waals surface area (Å²) in [5.41, 5.74) is 0.443. The first-order valence-electron chi connectivity index (χ1n) is 7.14. The SMILES string of the molecule is CCC1C(=O)NC(C(C)(C)C)C(=O)N1c1ccc(Br)cc1. The van der Waals surface area contributed by atoms with E-state index in [4.69, 9.17) is 0 Å². The minimum absolute atomic E-state index is 0.0451. The standard InChI is InChI=1S/C16H21BrN2O2/c1-5-12-14(20)18-13(16(2,3)4)15(21)19(12)11-8-6-10(17)7-9-11/h6-9,12-13H,5H2,1-4H3,(H,18,20). The fourth-order valence-corrected chi connectivity index (χ4v) is 2.84. The van der Waals surface area contributed by atoms with E-state index in [-0.39, 0.29) is 17.2 Å².